The number of para-hydroxylation sites is 1. The second-order valence-electron chi connectivity index (χ2n) is 2.36. The Balaban J connectivity index is 2.69. The van der Waals surface area contributed by atoms with Gasteiger partial charge in [-0.15, -0.1) is 0 Å². The van der Waals surface area contributed by atoms with Crippen molar-refractivity contribution in [3.8, 4) is 0 Å². The van der Waals surface area contributed by atoms with E-state index in [-0.39, 0.29) is 0 Å². The number of hydrogen-bond donors (Lipinski definition) is 2. The van der Waals surface area contributed by atoms with Gasteiger partial charge in [0.2, 0.25) is 0 Å². The molecule has 2 rings (SSSR count). The highest BCUT2D eigenvalue weighted by atomic mass is 35.5. The van der Waals surface area contributed by atoms with Gasteiger partial charge in [0.1, 0.15) is 5.82 Å². The summed E-state index contributed by atoms with van der Waals surface area (Å²) in [4.78, 5) is 5.64. The maximum absolute atomic E-state index is 5.42. The van der Waals surface area contributed by atoms with Crippen molar-refractivity contribution in [3.05, 3.63) is 30.3 Å². The summed E-state index contributed by atoms with van der Waals surface area (Å²) in [6.45, 7) is 0. The molecule has 0 atom stereocenters. The van der Waals surface area contributed by atoms with Gasteiger partial charge < -0.3 is 4.98 Å². The van der Waals surface area contributed by atoms with Crippen LogP contribution in [0.4, 0.5) is 5.82 Å². The molecule has 0 aliphatic rings. The molecule has 1 aromatic carbocycles. The Hall–Kier alpha value is -1.15. The molecule has 2 N–H and O–H groups in total. The Morgan fingerprint density at radius 1 is 1.27 bits per heavy atom. The largest absolute Gasteiger partial charge is 0.341 e. The lowest BCUT2D eigenvalue weighted by Gasteiger charge is -1.86. The second-order valence-corrected chi connectivity index (χ2v) is 2.55. The molecule has 0 radical (unpaired) electrons. The zero-order valence-corrected chi connectivity index (χ0v) is 6.52. The molecule has 2 aromatic rings. The predicted molar refractivity (Wildman–Crippen MR) is 47.8 cm³/mol. The molecule has 0 aliphatic heterocycles. The summed E-state index contributed by atoms with van der Waals surface area (Å²) in [5.74, 6) is 0.827. The number of anilines is 1. The highest BCUT2D eigenvalue weighted by Gasteiger charge is 1.95. The van der Waals surface area contributed by atoms with Crippen molar-refractivity contribution in [2.45, 2.75) is 0 Å². The summed E-state index contributed by atoms with van der Waals surface area (Å²) >= 11 is 5.42. The minimum absolute atomic E-state index is 0.827. The summed E-state index contributed by atoms with van der Waals surface area (Å²) in [6.07, 6.45) is 0. The average Bonchev–Trinajstić information content (AvgIpc) is 2.46. The van der Waals surface area contributed by atoms with Crippen LogP contribution in [-0.2, 0) is 0 Å². The number of aromatic nitrogens is 1. The van der Waals surface area contributed by atoms with E-state index in [0.29, 0.717) is 0 Å². The maximum Gasteiger partial charge on any atom is 0.118 e. The molecule has 0 amide bonds. The Bertz CT molecular complexity index is 334. The van der Waals surface area contributed by atoms with Crippen LogP contribution in [-0.4, -0.2) is 4.98 Å². The molecular weight excluding hydrogens is 160 g/mol. The van der Waals surface area contributed by atoms with Crippen LogP contribution < -0.4 is 4.84 Å². The van der Waals surface area contributed by atoms with Crippen LogP contribution in [0.2, 0.25) is 0 Å². The predicted octanol–water partition coefficient (Wildman–Crippen LogP) is 2.73. The van der Waals surface area contributed by atoms with E-state index in [0.717, 1.165) is 16.7 Å². The van der Waals surface area contributed by atoms with Crippen molar-refractivity contribution >= 4 is 28.5 Å². The van der Waals surface area contributed by atoms with Crippen molar-refractivity contribution in [1.82, 2.24) is 4.98 Å². The fraction of sp³-hybridized carbons (Fsp3) is 0. The van der Waals surface area contributed by atoms with Crippen LogP contribution in [0, 0.1) is 0 Å². The smallest absolute Gasteiger partial charge is 0.118 e. The number of H-pyrrole nitrogens is 1. The van der Waals surface area contributed by atoms with Gasteiger partial charge in [-0.05, 0) is 12.1 Å². The van der Waals surface area contributed by atoms with E-state index in [1.54, 1.807) is 0 Å². The zero-order valence-electron chi connectivity index (χ0n) is 5.76. The average molecular weight is 167 g/mol. The lowest BCUT2D eigenvalue weighted by Crippen LogP contribution is -1.75. The van der Waals surface area contributed by atoms with Crippen LogP contribution >= 0.6 is 11.8 Å². The van der Waals surface area contributed by atoms with Crippen LogP contribution in [0.3, 0.4) is 0 Å². The molecule has 0 fully saturated rings. The first-order chi connectivity index (χ1) is 5.40. The summed E-state index contributed by atoms with van der Waals surface area (Å²) in [5.41, 5.74) is 1.09. The standard InChI is InChI=1S/C8H7ClN2/c9-11-8-5-6-3-1-2-4-7(6)10-8/h1-5,10-11H. The fourth-order valence-corrected chi connectivity index (χ4v) is 1.23. The molecule has 1 aromatic heterocycles. The molecule has 3 heteroatoms. The monoisotopic (exact) mass is 166 g/mol. The number of nitrogens with one attached hydrogen (secondary N) is 2. The number of fused-ring (bicyclic) bond motifs is 1. The van der Waals surface area contributed by atoms with Gasteiger partial charge in [-0.3, -0.25) is 4.84 Å². The minimum atomic E-state index is 0.827. The van der Waals surface area contributed by atoms with Crippen LogP contribution in [0.5, 0.6) is 0 Å². The highest BCUT2D eigenvalue weighted by molar-refractivity contribution is 6.24. The third-order valence-corrected chi connectivity index (χ3v) is 1.84. The summed E-state index contributed by atoms with van der Waals surface area (Å²) in [7, 11) is 0. The molecule has 0 saturated carbocycles. The van der Waals surface area contributed by atoms with Crippen molar-refractivity contribution in [2.24, 2.45) is 0 Å². The molecule has 0 saturated heterocycles. The SMILES string of the molecule is ClNc1cc2ccccc2[nH]1. The Labute approximate surface area is 69.3 Å². The fourth-order valence-electron chi connectivity index (χ4n) is 1.12. The van der Waals surface area contributed by atoms with E-state index in [4.69, 9.17) is 11.8 Å². The molecule has 2 nitrogen and oxygen atoms in total. The molecule has 0 aliphatic carbocycles. The first-order valence-corrected chi connectivity index (χ1v) is 3.72. The summed E-state index contributed by atoms with van der Waals surface area (Å²) in [6, 6.07) is 9.98. The molecule has 0 spiro atoms. The molecule has 56 valence electrons. The highest BCUT2D eigenvalue weighted by Crippen LogP contribution is 2.17. The number of hydrogen-bond acceptors (Lipinski definition) is 1. The second kappa shape index (κ2) is 2.47. The minimum Gasteiger partial charge on any atom is -0.341 e. The van der Waals surface area contributed by atoms with E-state index in [1.165, 1.54) is 0 Å². The van der Waals surface area contributed by atoms with Gasteiger partial charge in [-0.2, -0.15) is 0 Å². The van der Waals surface area contributed by atoms with Gasteiger partial charge in [0, 0.05) is 22.7 Å². The van der Waals surface area contributed by atoms with Crippen molar-refractivity contribution < 1.29 is 0 Å². The van der Waals surface area contributed by atoms with E-state index >= 15 is 0 Å². The zero-order chi connectivity index (χ0) is 7.68. The lowest BCUT2D eigenvalue weighted by atomic mass is 10.3. The van der Waals surface area contributed by atoms with Gasteiger partial charge in [0.15, 0.2) is 0 Å². The van der Waals surface area contributed by atoms with Crippen LogP contribution in [0.1, 0.15) is 0 Å². The van der Waals surface area contributed by atoms with E-state index in [2.05, 4.69) is 9.82 Å². The van der Waals surface area contributed by atoms with E-state index in [9.17, 15) is 0 Å². The van der Waals surface area contributed by atoms with Crippen molar-refractivity contribution in [3.63, 3.8) is 0 Å². The Morgan fingerprint density at radius 2 is 2.09 bits per heavy atom. The first kappa shape index (κ1) is 6.55. The van der Waals surface area contributed by atoms with Crippen LogP contribution in [0.15, 0.2) is 30.3 Å². The van der Waals surface area contributed by atoms with Gasteiger partial charge in [0.25, 0.3) is 0 Å². The van der Waals surface area contributed by atoms with Gasteiger partial charge in [-0.1, -0.05) is 18.2 Å². The Kier molecular flexibility index (Phi) is 1.47. The molecule has 0 unspecified atom stereocenters. The van der Waals surface area contributed by atoms with E-state index in [1.807, 2.05) is 30.3 Å². The maximum atomic E-state index is 5.42. The van der Waals surface area contributed by atoms with Crippen molar-refractivity contribution in [1.29, 1.82) is 0 Å². The Morgan fingerprint density at radius 3 is 2.82 bits per heavy atom. The third kappa shape index (κ3) is 1.05. The van der Waals surface area contributed by atoms with Crippen LogP contribution in [0.25, 0.3) is 10.9 Å². The molecule has 1 heterocycles. The third-order valence-electron chi connectivity index (χ3n) is 1.63. The van der Waals surface area contributed by atoms with Crippen molar-refractivity contribution in [2.75, 3.05) is 4.84 Å². The normalized spacial score (nSPS) is 10.3. The molecular formula is C8H7ClN2. The number of rotatable bonds is 1. The van der Waals surface area contributed by atoms with E-state index < -0.39 is 0 Å². The topological polar surface area (TPSA) is 27.8 Å². The van der Waals surface area contributed by atoms with Gasteiger partial charge in [-0.25, -0.2) is 0 Å². The number of aromatic amines is 1. The van der Waals surface area contributed by atoms with Gasteiger partial charge >= 0.3 is 0 Å². The summed E-state index contributed by atoms with van der Waals surface area (Å²) < 4.78 is 0. The lowest BCUT2D eigenvalue weighted by molar-refractivity contribution is 1.47. The number of benzene rings is 1. The molecule has 11 heavy (non-hydrogen) atoms. The number of halogens is 1. The van der Waals surface area contributed by atoms with Gasteiger partial charge in [0.05, 0.1) is 0 Å². The quantitative estimate of drug-likeness (QED) is 0.627. The summed E-state index contributed by atoms with van der Waals surface area (Å²) in [5, 5.41) is 1.16. The molecule has 0 bridgehead atoms. The first-order valence-electron chi connectivity index (χ1n) is 3.34.